The largest absolute Gasteiger partial charge is 0.324 e. The van der Waals surface area contributed by atoms with Crippen molar-refractivity contribution in [3.05, 3.63) is 82.2 Å². The summed E-state index contributed by atoms with van der Waals surface area (Å²) in [5.74, 6) is 1.16. The van der Waals surface area contributed by atoms with E-state index in [0.29, 0.717) is 22.8 Å². The number of fused-ring (bicyclic) bond motifs is 3. The number of nitrogens with zero attached hydrogens (tertiary/aromatic N) is 3. The molecule has 25 heavy (non-hydrogen) atoms. The van der Waals surface area contributed by atoms with Gasteiger partial charge in [-0.05, 0) is 29.8 Å². The summed E-state index contributed by atoms with van der Waals surface area (Å²) in [7, 11) is 0. The van der Waals surface area contributed by atoms with Gasteiger partial charge in [-0.15, -0.1) is 22.6 Å². The third kappa shape index (κ3) is 2.95. The number of halogens is 3. The fourth-order valence-corrected chi connectivity index (χ4v) is 3.23. The summed E-state index contributed by atoms with van der Waals surface area (Å²) < 4.78 is 16.3. The molecule has 7 heteroatoms. The van der Waals surface area contributed by atoms with Gasteiger partial charge in [-0.2, -0.15) is 0 Å². The zero-order valence-electron chi connectivity index (χ0n) is 13.1. The molecule has 0 saturated heterocycles. The second-order valence-corrected chi connectivity index (χ2v) is 5.97. The van der Waals surface area contributed by atoms with E-state index in [-0.39, 0.29) is 24.8 Å². The van der Waals surface area contributed by atoms with Crippen LogP contribution in [0.4, 0.5) is 4.39 Å². The van der Waals surface area contributed by atoms with Gasteiger partial charge in [0.1, 0.15) is 11.6 Å². The van der Waals surface area contributed by atoms with E-state index in [1.807, 2.05) is 28.8 Å². The Balaban J connectivity index is 0.00000182. The molecule has 1 aliphatic heterocycles. The summed E-state index contributed by atoms with van der Waals surface area (Å²) in [5, 5.41) is 8.95. The van der Waals surface area contributed by atoms with Crippen LogP contribution in [0.15, 0.2) is 48.5 Å². The topological polar surface area (TPSA) is 56.7 Å². The van der Waals surface area contributed by atoms with Crippen molar-refractivity contribution < 1.29 is 4.39 Å². The second-order valence-electron chi connectivity index (χ2n) is 5.54. The Morgan fingerprint density at radius 3 is 2.68 bits per heavy atom. The van der Waals surface area contributed by atoms with Gasteiger partial charge >= 0.3 is 0 Å². The number of benzene rings is 2. The van der Waals surface area contributed by atoms with Gasteiger partial charge in [0.25, 0.3) is 0 Å². The number of allylic oxidation sites excluding steroid dienone is 1. The molecule has 0 saturated carbocycles. The van der Waals surface area contributed by atoms with Crippen molar-refractivity contribution in [1.82, 2.24) is 14.8 Å². The van der Waals surface area contributed by atoms with E-state index in [0.717, 1.165) is 22.6 Å². The Morgan fingerprint density at radius 1 is 1.12 bits per heavy atom. The highest BCUT2D eigenvalue weighted by atomic mass is 35.5. The Hall–Kier alpha value is -2.21. The van der Waals surface area contributed by atoms with E-state index in [1.165, 1.54) is 6.07 Å². The molecule has 0 atom stereocenters. The first-order chi connectivity index (χ1) is 11.7. The lowest BCUT2D eigenvalue weighted by molar-refractivity contribution is 0.624. The Kier molecular flexibility index (Phi) is 4.90. The van der Waals surface area contributed by atoms with Crippen molar-refractivity contribution in [3.8, 4) is 5.69 Å². The summed E-state index contributed by atoms with van der Waals surface area (Å²) in [5.41, 5.74) is 8.81. The highest BCUT2D eigenvalue weighted by Gasteiger charge is 2.22. The summed E-state index contributed by atoms with van der Waals surface area (Å²) in [6.07, 6.45) is 2.49. The van der Waals surface area contributed by atoms with E-state index in [2.05, 4.69) is 10.2 Å². The molecule has 0 unspecified atom stereocenters. The van der Waals surface area contributed by atoms with Gasteiger partial charge in [0, 0.05) is 22.6 Å². The molecule has 0 aliphatic carbocycles. The maximum absolute atomic E-state index is 14.4. The Morgan fingerprint density at radius 2 is 1.92 bits per heavy atom. The van der Waals surface area contributed by atoms with Gasteiger partial charge in [0.05, 0.1) is 12.2 Å². The zero-order chi connectivity index (χ0) is 16.7. The van der Waals surface area contributed by atoms with Crippen LogP contribution in [0.2, 0.25) is 5.02 Å². The first kappa shape index (κ1) is 17.6. The summed E-state index contributed by atoms with van der Waals surface area (Å²) in [6, 6.07) is 12.2. The Labute approximate surface area is 155 Å². The van der Waals surface area contributed by atoms with Crippen LogP contribution in [0.25, 0.3) is 11.3 Å². The standard InChI is InChI=1S/C18H14ClFN4.ClH/c19-11-5-7-16-14(9-11)12(13-3-1-2-4-15(13)20)6-8-17-22-23-18(10-21)24(16)17;/h1-7,9H,8,10,21H2;1H. The molecule has 128 valence electrons. The molecule has 0 radical (unpaired) electrons. The fourth-order valence-electron chi connectivity index (χ4n) is 3.05. The smallest absolute Gasteiger partial charge is 0.151 e. The normalized spacial score (nSPS) is 12.5. The van der Waals surface area contributed by atoms with E-state index >= 15 is 0 Å². The molecule has 0 amide bonds. The van der Waals surface area contributed by atoms with Crippen LogP contribution in [-0.2, 0) is 13.0 Å². The minimum atomic E-state index is -0.272. The van der Waals surface area contributed by atoms with E-state index < -0.39 is 0 Å². The lowest BCUT2D eigenvalue weighted by Gasteiger charge is -2.15. The first-order valence-electron chi connectivity index (χ1n) is 7.57. The van der Waals surface area contributed by atoms with Crippen molar-refractivity contribution in [2.75, 3.05) is 0 Å². The molecule has 4 rings (SSSR count). The predicted octanol–water partition coefficient (Wildman–Crippen LogP) is 3.93. The summed E-state index contributed by atoms with van der Waals surface area (Å²) in [4.78, 5) is 0. The van der Waals surface area contributed by atoms with Crippen molar-refractivity contribution in [1.29, 1.82) is 0 Å². The molecule has 0 spiro atoms. The van der Waals surface area contributed by atoms with Crippen LogP contribution in [0.1, 0.15) is 22.8 Å². The molecular formula is C18H15Cl2FN4. The van der Waals surface area contributed by atoms with E-state index in [1.54, 1.807) is 18.2 Å². The van der Waals surface area contributed by atoms with Gasteiger partial charge in [0.2, 0.25) is 0 Å². The molecule has 0 fully saturated rings. The van der Waals surface area contributed by atoms with Crippen LogP contribution < -0.4 is 5.73 Å². The van der Waals surface area contributed by atoms with Crippen LogP contribution in [-0.4, -0.2) is 14.8 Å². The van der Waals surface area contributed by atoms with Crippen molar-refractivity contribution in [2.45, 2.75) is 13.0 Å². The third-order valence-electron chi connectivity index (χ3n) is 4.12. The zero-order valence-corrected chi connectivity index (χ0v) is 14.7. The number of nitrogens with two attached hydrogens (primary N) is 1. The van der Waals surface area contributed by atoms with Crippen LogP contribution in [0.3, 0.4) is 0 Å². The molecular weight excluding hydrogens is 362 g/mol. The molecule has 1 aromatic heterocycles. The Bertz CT molecular complexity index is 965. The van der Waals surface area contributed by atoms with Gasteiger partial charge in [0.15, 0.2) is 5.82 Å². The molecule has 1 aliphatic rings. The average molecular weight is 377 g/mol. The monoisotopic (exact) mass is 376 g/mol. The van der Waals surface area contributed by atoms with Crippen LogP contribution in [0.5, 0.6) is 0 Å². The highest BCUT2D eigenvalue weighted by molar-refractivity contribution is 6.30. The second kappa shape index (κ2) is 6.96. The first-order valence-corrected chi connectivity index (χ1v) is 7.95. The molecule has 2 heterocycles. The maximum Gasteiger partial charge on any atom is 0.151 e. The van der Waals surface area contributed by atoms with E-state index in [4.69, 9.17) is 17.3 Å². The maximum atomic E-state index is 14.4. The average Bonchev–Trinajstić information content (AvgIpc) is 2.93. The number of hydrogen-bond donors (Lipinski definition) is 1. The third-order valence-corrected chi connectivity index (χ3v) is 4.36. The van der Waals surface area contributed by atoms with Gasteiger partial charge in [-0.25, -0.2) is 4.39 Å². The lowest BCUT2D eigenvalue weighted by atomic mass is 9.95. The molecule has 2 N–H and O–H groups in total. The van der Waals surface area contributed by atoms with Crippen molar-refractivity contribution in [3.63, 3.8) is 0 Å². The molecule has 0 bridgehead atoms. The lowest BCUT2D eigenvalue weighted by Crippen LogP contribution is -2.10. The molecule has 4 nitrogen and oxygen atoms in total. The summed E-state index contributed by atoms with van der Waals surface area (Å²) in [6.45, 7) is 0.268. The molecule has 3 aromatic rings. The van der Waals surface area contributed by atoms with Gasteiger partial charge < -0.3 is 5.73 Å². The minimum absolute atomic E-state index is 0. The predicted molar refractivity (Wildman–Crippen MR) is 98.7 cm³/mol. The quantitative estimate of drug-likeness (QED) is 0.736. The summed E-state index contributed by atoms with van der Waals surface area (Å²) >= 11 is 6.21. The minimum Gasteiger partial charge on any atom is -0.324 e. The van der Waals surface area contributed by atoms with E-state index in [9.17, 15) is 4.39 Å². The van der Waals surface area contributed by atoms with Gasteiger partial charge in [-0.1, -0.05) is 35.9 Å². The number of hydrogen-bond acceptors (Lipinski definition) is 3. The SMILES string of the molecule is Cl.NCc1nnc2n1-c1ccc(Cl)cc1C(c1ccccc1F)=CC2. The highest BCUT2D eigenvalue weighted by Crippen LogP contribution is 2.35. The van der Waals surface area contributed by atoms with Gasteiger partial charge in [-0.3, -0.25) is 4.57 Å². The van der Waals surface area contributed by atoms with Crippen LogP contribution >= 0.6 is 24.0 Å². The number of rotatable bonds is 2. The van der Waals surface area contributed by atoms with Crippen molar-refractivity contribution in [2.24, 2.45) is 5.73 Å². The fraction of sp³-hybridized carbons (Fsp3) is 0.111. The molecule has 2 aromatic carbocycles. The van der Waals surface area contributed by atoms with Crippen LogP contribution in [0, 0.1) is 5.82 Å². The van der Waals surface area contributed by atoms with Crippen molar-refractivity contribution >= 4 is 29.6 Å². The number of aromatic nitrogens is 3.